The number of hydrogen-bond donors (Lipinski definition) is 1. The molecular weight excluding hydrogens is 266 g/mol. The first-order valence-electron chi connectivity index (χ1n) is 7.32. The molecule has 5 heteroatoms. The van der Waals surface area contributed by atoms with Gasteiger partial charge in [0.15, 0.2) is 0 Å². The Bertz CT molecular complexity index is 499. The Morgan fingerprint density at radius 1 is 1.14 bits per heavy atom. The number of para-hydroxylation sites is 1. The summed E-state index contributed by atoms with van der Waals surface area (Å²) in [5.74, 6) is 1.82. The summed E-state index contributed by atoms with van der Waals surface area (Å²) in [6, 6.07) is 9.87. The number of methoxy groups -OCH3 is 1. The summed E-state index contributed by atoms with van der Waals surface area (Å²) >= 11 is 0. The maximum atomic E-state index is 5.65. The number of nitrogens with one attached hydrogen (secondary N) is 1. The number of aromatic nitrogens is 2. The molecule has 5 nitrogen and oxygen atoms in total. The van der Waals surface area contributed by atoms with Crippen LogP contribution in [0.3, 0.4) is 0 Å². The lowest BCUT2D eigenvalue weighted by Crippen LogP contribution is -2.12. The van der Waals surface area contributed by atoms with Gasteiger partial charge in [-0.05, 0) is 25.0 Å². The summed E-state index contributed by atoms with van der Waals surface area (Å²) in [6.07, 6.45) is 5.71. The zero-order valence-electron chi connectivity index (χ0n) is 12.5. The molecule has 21 heavy (non-hydrogen) atoms. The fraction of sp³-hybridized carbons (Fsp3) is 0.438. The summed E-state index contributed by atoms with van der Waals surface area (Å²) in [5.41, 5.74) is 0. The standard InChI is InChI=1S/C16H23N3O2/c1-20-13-6-11-19-12-10-18-16(19)17-9-5-14-21-15-7-3-2-4-8-15/h2-4,7-8,10,12H,5-6,9,11,13-14H2,1H3,(H,17,18). The zero-order valence-corrected chi connectivity index (χ0v) is 12.5. The second kappa shape index (κ2) is 9.02. The Morgan fingerprint density at radius 2 is 2.00 bits per heavy atom. The summed E-state index contributed by atoms with van der Waals surface area (Å²) in [5, 5.41) is 3.34. The van der Waals surface area contributed by atoms with Crippen LogP contribution in [0.1, 0.15) is 12.8 Å². The van der Waals surface area contributed by atoms with E-state index in [9.17, 15) is 0 Å². The molecule has 1 heterocycles. The van der Waals surface area contributed by atoms with Gasteiger partial charge in [0, 0.05) is 39.2 Å². The number of aryl methyl sites for hydroxylation is 1. The van der Waals surface area contributed by atoms with E-state index in [1.807, 2.05) is 42.7 Å². The first-order valence-corrected chi connectivity index (χ1v) is 7.32. The fourth-order valence-corrected chi connectivity index (χ4v) is 2.02. The van der Waals surface area contributed by atoms with E-state index in [0.717, 1.165) is 44.2 Å². The van der Waals surface area contributed by atoms with Crippen molar-refractivity contribution in [3.05, 3.63) is 42.7 Å². The smallest absolute Gasteiger partial charge is 0.202 e. The zero-order chi connectivity index (χ0) is 14.8. The molecular formula is C16H23N3O2. The van der Waals surface area contributed by atoms with E-state index < -0.39 is 0 Å². The van der Waals surface area contributed by atoms with Gasteiger partial charge in [-0.1, -0.05) is 18.2 Å². The van der Waals surface area contributed by atoms with Gasteiger partial charge in [-0.15, -0.1) is 0 Å². The van der Waals surface area contributed by atoms with Crippen molar-refractivity contribution in [3.63, 3.8) is 0 Å². The van der Waals surface area contributed by atoms with Gasteiger partial charge in [0.1, 0.15) is 5.75 Å². The van der Waals surface area contributed by atoms with Crippen LogP contribution in [0.4, 0.5) is 5.95 Å². The summed E-state index contributed by atoms with van der Waals surface area (Å²) in [4.78, 5) is 4.32. The molecule has 0 atom stereocenters. The van der Waals surface area contributed by atoms with E-state index in [-0.39, 0.29) is 0 Å². The second-order valence-electron chi connectivity index (χ2n) is 4.73. The summed E-state index contributed by atoms with van der Waals surface area (Å²) in [7, 11) is 1.72. The lowest BCUT2D eigenvalue weighted by atomic mass is 10.3. The van der Waals surface area contributed by atoms with Crippen molar-refractivity contribution in [2.75, 3.05) is 32.2 Å². The van der Waals surface area contributed by atoms with E-state index in [2.05, 4.69) is 14.9 Å². The highest BCUT2D eigenvalue weighted by molar-refractivity contribution is 5.25. The number of rotatable bonds is 10. The third-order valence-electron chi connectivity index (χ3n) is 3.08. The number of benzene rings is 1. The Kier molecular flexibility index (Phi) is 6.61. The average Bonchev–Trinajstić information content (AvgIpc) is 2.96. The molecule has 0 spiro atoms. The Hall–Kier alpha value is -2.01. The maximum Gasteiger partial charge on any atom is 0.202 e. The molecule has 0 radical (unpaired) electrons. The van der Waals surface area contributed by atoms with Crippen molar-refractivity contribution in [3.8, 4) is 5.75 Å². The number of hydrogen-bond acceptors (Lipinski definition) is 4. The molecule has 1 aromatic heterocycles. The number of imidazole rings is 1. The van der Waals surface area contributed by atoms with Crippen LogP contribution < -0.4 is 10.1 Å². The second-order valence-corrected chi connectivity index (χ2v) is 4.73. The molecule has 0 amide bonds. The van der Waals surface area contributed by atoms with Crippen LogP contribution in [0.25, 0.3) is 0 Å². The molecule has 114 valence electrons. The molecule has 2 aromatic rings. The number of anilines is 1. The minimum Gasteiger partial charge on any atom is -0.494 e. The monoisotopic (exact) mass is 289 g/mol. The van der Waals surface area contributed by atoms with Crippen LogP contribution in [0.15, 0.2) is 42.7 Å². The molecule has 0 saturated heterocycles. The molecule has 1 aromatic carbocycles. The first kappa shape index (κ1) is 15.4. The van der Waals surface area contributed by atoms with Crippen molar-refractivity contribution in [2.45, 2.75) is 19.4 Å². The largest absolute Gasteiger partial charge is 0.494 e. The molecule has 0 unspecified atom stereocenters. The Labute approximate surface area is 125 Å². The predicted octanol–water partition coefficient (Wildman–Crippen LogP) is 2.80. The van der Waals surface area contributed by atoms with Crippen molar-refractivity contribution in [2.24, 2.45) is 0 Å². The van der Waals surface area contributed by atoms with Gasteiger partial charge in [0.2, 0.25) is 5.95 Å². The van der Waals surface area contributed by atoms with Crippen molar-refractivity contribution in [1.29, 1.82) is 0 Å². The van der Waals surface area contributed by atoms with Crippen LogP contribution >= 0.6 is 0 Å². The van der Waals surface area contributed by atoms with Gasteiger partial charge in [-0.2, -0.15) is 0 Å². The Balaban J connectivity index is 1.63. The van der Waals surface area contributed by atoms with Crippen LogP contribution in [0.5, 0.6) is 5.75 Å². The average molecular weight is 289 g/mol. The third-order valence-corrected chi connectivity index (χ3v) is 3.08. The van der Waals surface area contributed by atoms with Gasteiger partial charge < -0.3 is 19.4 Å². The molecule has 0 bridgehead atoms. The van der Waals surface area contributed by atoms with Crippen molar-refractivity contribution >= 4 is 5.95 Å². The van der Waals surface area contributed by atoms with Gasteiger partial charge in [0.05, 0.1) is 6.61 Å². The van der Waals surface area contributed by atoms with Crippen LogP contribution in [0, 0.1) is 0 Å². The molecule has 0 aliphatic heterocycles. The molecule has 2 rings (SSSR count). The van der Waals surface area contributed by atoms with Gasteiger partial charge in [-0.25, -0.2) is 4.98 Å². The van der Waals surface area contributed by atoms with Crippen LogP contribution in [-0.4, -0.2) is 36.4 Å². The molecule has 0 aliphatic rings. The van der Waals surface area contributed by atoms with Crippen molar-refractivity contribution < 1.29 is 9.47 Å². The van der Waals surface area contributed by atoms with Gasteiger partial charge in [0.25, 0.3) is 0 Å². The van der Waals surface area contributed by atoms with Crippen LogP contribution in [-0.2, 0) is 11.3 Å². The number of nitrogens with zero attached hydrogens (tertiary/aromatic N) is 2. The van der Waals surface area contributed by atoms with E-state index in [1.165, 1.54) is 0 Å². The third kappa shape index (κ3) is 5.47. The SMILES string of the molecule is COCCCn1ccnc1NCCCOc1ccccc1. The molecule has 0 aliphatic carbocycles. The lowest BCUT2D eigenvalue weighted by molar-refractivity contribution is 0.190. The highest BCUT2D eigenvalue weighted by atomic mass is 16.5. The highest BCUT2D eigenvalue weighted by Gasteiger charge is 2.01. The molecule has 0 fully saturated rings. The normalized spacial score (nSPS) is 10.5. The molecule has 1 N–H and O–H groups in total. The maximum absolute atomic E-state index is 5.65. The summed E-state index contributed by atoms with van der Waals surface area (Å²) < 4.78 is 12.8. The van der Waals surface area contributed by atoms with Crippen LogP contribution in [0.2, 0.25) is 0 Å². The summed E-state index contributed by atoms with van der Waals surface area (Å²) in [6.45, 7) is 3.22. The molecule has 0 saturated carbocycles. The quantitative estimate of drug-likeness (QED) is 0.683. The number of ether oxygens (including phenoxy) is 2. The van der Waals surface area contributed by atoms with Crippen molar-refractivity contribution in [1.82, 2.24) is 9.55 Å². The topological polar surface area (TPSA) is 48.3 Å². The van der Waals surface area contributed by atoms with E-state index in [1.54, 1.807) is 7.11 Å². The van der Waals surface area contributed by atoms with Gasteiger partial charge in [-0.3, -0.25) is 0 Å². The minimum absolute atomic E-state index is 0.696. The predicted molar refractivity (Wildman–Crippen MR) is 83.8 cm³/mol. The van der Waals surface area contributed by atoms with E-state index in [4.69, 9.17) is 9.47 Å². The van der Waals surface area contributed by atoms with E-state index >= 15 is 0 Å². The minimum atomic E-state index is 0.696. The highest BCUT2D eigenvalue weighted by Crippen LogP contribution is 2.09. The first-order chi connectivity index (χ1) is 10.4. The van der Waals surface area contributed by atoms with E-state index in [0.29, 0.717) is 6.61 Å². The van der Waals surface area contributed by atoms with Gasteiger partial charge >= 0.3 is 0 Å². The Morgan fingerprint density at radius 3 is 2.81 bits per heavy atom. The lowest BCUT2D eigenvalue weighted by Gasteiger charge is -2.10. The fourth-order valence-electron chi connectivity index (χ4n) is 2.02.